The number of carbonyl (C=O) groups excluding carboxylic acids is 1. The summed E-state index contributed by atoms with van der Waals surface area (Å²) in [6.45, 7) is 0.653. The van der Waals surface area contributed by atoms with E-state index in [-0.39, 0.29) is 11.8 Å². The molecule has 0 radical (unpaired) electrons. The Morgan fingerprint density at radius 2 is 2.26 bits per heavy atom. The number of anilines is 1. The molecule has 6 nitrogen and oxygen atoms in total. The number of hydrogen-bond acceptors (Lipinski definition) is 5. The van der Waals surface area contributed by atoms with Crippen molar-refractivity contribution in [2.45, 2.75) is 25.7 Å². The van der Waals surface area contributed by atoms with Crippen LogP contribution in [0.1, 0.15) is 25.7 Å². The number of nitrogens with zero attached hydrogens (tertiary/aromatic N) is 2. The van der Waals surface area contributed by atoms with Gasteiger partial charge in [-0.25, -0.2) is 4.98 Å². The van der Waals surface area contributed by atoms with Crippen molar-refractivity contribution >= 4 is 22.6 Å². The van der Waals surface area contributed by atoms with Crippen LogP contribution in [0.2, 0.25) is 0 Å². The van der Waals surface area contributed by atoms with Crippen LogP contribution in [0.15, 0.2) is 24.4 Å². The van der Waals surface area contributed by atoms with Crippen molar-refractivity contribution in [2.75, 3.05) is 19.0 Å². The molecule has 1 amide bonds. The van der Waals surface area contributed by atoms with Gasteiger partial charge in [-0.3, -0.25) is 9.78 Å². The number of nitrogens with two attached hydrogens (primary N) is 1. The summed E-state index contributed by atoms with van der Waals surface area (Å²) >= 11 is 0. The summed E-state index contributed by atoms with van der Waals surface area (Å²) < 4.78 is 5.16. The van der Waals surface area contributed by atoms with Crippen LogP contribution in [0, 0.1) is 11.8 Å². The molecule has 3 N–H and O–H groups in total. The second-order valence-corrected chi connectivity index (χ2v) is 6.03. The van der Waals surface area contributed by atoms with Gasteiger partial charge in [0.05, 0.1) is 18.3 Å². The highest BCUT2D eigenvalue weighted by molar-refractivity contribution is 6.00. The maximum atomic E-state index is 12.6. The van der Waals surface area contributed by atoms with Gasteiger partial charge in [0.2, 0.25) is 11.8 Å². The Morgan fingerprint density at radius 1 is 1.39 bits per heavy atom. The number of aromatic nitrogens is 2. The fourth-order valence-corrected chi connectivity index (χ4v) is 3.20. The number of methoxy groups -OCH3 is 1. The Hall–Kier alpha value is -2.21. The second kappa shape index (κ2) is 6.91. The molecule has 2 aromatic rings. The number of fused-ring (bicyclic) bond motifs is 1. The molecule has 23 heavy (non-hydrogen) atoms. The number of amides is 1. The Kier molecular flexibility index (Phi) is 4.71. The number of hydrogen-bond donors (Lipinski definition) is 2. The first kappa shape index (κ1) is 15.7. The summed E-state index contributed by atoms with van der Waals surface area (Å²) in [5, 5.41) is 3.01. The smallest absolute Gasteiger partial charge is 0.227 e. The predicted octanol–water partition coefficient (Wildman–Crippen LogP) is 2.34. The molecular formula is C17H22N4O2. The first-order valence-corrected chi connectivity index (χ1v) is 8.02. The standard InChI is InChI=1S/C17H22N4O2/c1-23-15-6-5-13-16(21-15)14(7-8-19-13)20-17(22)12-4-2-3-11(9-12)10-18/h5-8,11-12H,2-4,9-10,18H2,1H3,(H,19,20,22)/t11-,12+/m1/s1. The lowest BCUT2D eigenvalue weighted by molar-refractivity contribution is -0.121. The van der Waals surface area contributed by atoms with Crippen molar-refractivity contribution in [2.24, 2.45) is 17.6 Å². The molecule has 0 aromatic carbocycles. The van der Waals surface area contributed by atoms with Crippen molar-refractivity contribution in [1.82, 2.24) is 9.97 Å². The van der Waals surface area contributed by atoms with Gasteiger partial charge in [0.1, 0.15) is 5.52 Å². The maximum absolute atomic E-state index is 12.6. The highest BCUT2D eigenvalue weighted by atomic mass is 16.5. The van der Waals surface area contributed by atoms with Crippen LogP contribution >= 0.6 is 0 Å². The molecule has 122 valence electrons. The van der Waals surface area contributed by atoms with Crippen LogP contribution < -0.4 is 15.8 Å². The molecule has 0 unspecified atom stereocenters. The lowest BCUT2D eigenvalue weighted by Gasteiger charge is -2.27. The topological polar surface area (TPSA) is 90.1 Å². The van der Waals surface area contributed by atoms with E-state index < -0.39 is 0 Å². The zero-order valence-electron chi connectivity index (χ0n) is 13.3. The monoisotopic (exact) mass is 314 g/mol. The van der Waals surface area contributed by atoms with Crippen molar-refractivity contribution in [3.63, 3.8) is 0 Å². The van der Waals surface area contributed by atoms with E-state index in [2.05, 4.69) is 15.3 Å². The van der Waals surface area contributed by atoms with Gasteiger partial charge in [-0.1, -0.05) is 6.42 Å². The average molecular weight is 314 g/mol. The van der Waals surface area contributed by atoms with Gasteiger partial charge in [0.15, 0.2) is 0 Å². The molecule has 1 fully saturated rings. The normalized spacial score (nSPS) is 21.1. The minimum Gasteiger partial charge on any atom is -0.481 e. The van der Waals surface area contributed by atoms with Gasteiger partial charge in [-0.05, 0) is 43.9 Å². The average Bonchev–Trinajstić information content (AvgIpc) is 2.61. The summed E-state index contributed by atoms with van der Waals surface area (Å²) in [5.41, 5.74) is 7.81. The molecule has 1 saturated carbocycles. The molecule has 2 heterocycles. The van der Waals surface area contributed by atoms with Gasteiger partial charge < -0.3 is 15.8 Å². The maximum Gasteiger partial charge on any atom is 0.227 e. The van der Waals surface area contributed by atoms with Gasteiger partial charge >= 0.3 is 0 Å². The molecule has 6 heteroatoms. The van der Waals surface area contributed by atoms with Gasteiger partial charge in [0, 0.05) is 18.2 Å². The third kappa shape index (κ3) is 3.42. The van der Waals surface area contributed by atoms with E-state index in [0.29, 0.717) is 29.5 Å². The van der Waals surface area contributed by atoms with Crippen LogP contribution in [0.5, 0.6) is 5.88 Å². The molecule has 3 rings (SSSR count). The predicted molar refractivity (Wildman–Crippen MR) is 89.2 cm³/mol. The van der Waals surface area contributed by atoms with Crippen LogP contribution in [-0.4, -0.2) is 29.5 Å². The first-order chi connectivity index (χ1) is 11.2. The number of nitrogens with one attached hydrogen (secondary N) is 1. The Bertz CT molecular complexity index is 704. The Labute approximate surface area is 135 Å². The van der Waals surface area contributed by atoms with Crippen molar-refractivity contribution in [3.05, 3.63) is 24.4 Å². The highest BCUT2D eigenvalue weighted by Crippen LogP contribution is 2.30. The minimum absolute atomic E-state index is 0.0196. The van der Waals surface area contributed by atoms with Gasteiger partial charge in [-0.15, -0.1) is 0 Å². The van der Waals surface area contributed by atoms with Crippen LogP contribution in [0.25, 0.3) is 11.0 Å². The van der Waals surface area contributed by atoms with E-state index in [1.165, 1.54) is 0 Å². The largest absolute Gasteiger partial charge is 0.481 e. The zero-order valence-corrected chi connectivity index (χ0v) is 13.3. The summed E-state index contributed by atoms with van der Waals surface area (Å²) in [6.07, 6.45) is 5.64. The lowest BCUT2D eigenvalue weighted by atomic mass is 9.81. The van der Waals surface area contributed by atoms with E-state index in [0.717, 1.165) is 31.2 Å². The van der Waals surface area contributed by atoms with E-state index >= 15 is 0 Å². The van der Waals surface area contributed by atoms with E-state index in [9.17, 15) is 4.79 Å². The fraction of sp³-hybridized carbons (Fsp3) is 0.471. The summed E-state index contributed by atoms with van der Waals surface area (Å²) in [4.78, 5) is 21.3. The lowest BCUT2D eigenvalue weighted by Crippen LogP contribution is -2.30. The second-order valence-electron chi connectivity index (χ2n) is 6.03. The Morgan fingerprint density at radius 3 is 3.04 bits per heavy atom. The first-order valence-electron chi connectivity index (χ1n) is 8.02. The van der Waals surface area contributed by atoms with Crippen molar-refractivity contribution in [1.29, 1.82) is 0 Å². The molecule has 1 aliphatic rings. The molecule has 0 bridgehead atoms. The molecule has 2 aromatic heterocycles. The van der Waals surface area contributed by atoms with Gasteiger partial charge in [-0.2, -0.15) is 0 Å². The number of ether oxygens (including phenoxy) is 1. The molecule has 0 aliphatic heterocycles. The number of rotatable bonds is 4. The number of pyridine rings is 2. The fourth-order valence-electron chi connectivity index (χ4n) is 3.20. The number of carbonyl (C=O) groups is 1. The van der Waals surface area contributed by atoms with Crippen molar-refractivity contribution < 1.29 is 9.53 Å². The van der Waals surface area contributed by atoms with Crippen LogP contribution in [-0.2, 0) is 4.79 Å². The quantitative estimate of drug-likeness (QED) is 0.904. The minimum atomic E-state index is 0.0196. The molecular weight excluding hydrogens is 292 g/mol. The highest BCUT2D eigenvalue weighted by Gasteiger charge is 2.27. The molecule has 1 aliphatic carbocycles. The summed E-state index contributed by atoms with van der Waals surface area (Å²) in [5.74, 6) is 1.01. The molecule has 0 spiro atoms. The third-order valence-corrected chi connectivity index (χ3v) is 4.51. The van der Waals surface area contributed by atoms with Crippen molar-refractivity contribution in [3.8, 4) is 5.88 Å². The van der Waals surface area contributed by atoms with Gasteiger partial charge in [0.25, 0.3) is 0 Å². The van der Waals surface area contributed by atoms with E-state index in [4.69, 9.17) is 10.5 Å². The third-order valence-electron chi connectivity index (χ3n) is 4.51. The molecule has 2 atom stereocenters. The zero-order chi connectivity index (χ0) is 16.2. The van der Waals surface area contributed by atoms with Crippen LogP contribution in [0.4, 0.5) is 5.69 Å². The van der Waals surface area contributed by atoms with E-state index in [1.54, 1.807) is 25.4 Å². The summed E-state index contributed by atoms with van der Waals surface area (Å²) in [6, 6.07) is 5.37. The van der Waals surface area contributed by atoms with Crippen LogP contribution in [0.3, 0.4) is 0 Å². The van der Waals surface area contributed by atoms with E-state index in [1.807, 2.05) is 6.07 Å². The SMILES string of the molecule is COc1ccc2nccc(NC(=O)[C@H]3CCC[C@@H](CN)C3)c2n1. The summed E-state index contributed by atoms with van der Waals surface area (Å²) in [7, 11) is 1.57. The Balaban J connectivity index is 1.81. The molecule has 0 saturated heterocycles.